The normalized spacial score (nSPS) is 13.8. The van der Waals surface area contributed by atoms with Gasteiger partial charge in [-0.25, -0.2) is 0 Å². The molecular formula is C9H22NO2+. The molecule has 0 saturated heterocycles. The van der Waals surface area contributed by atoms with Crippen LogP contribution in [0.2, 0.25) is 0 Å². The average Bonchev–Trinajstić information content (AvgIpc) is 2.12. The van der Waals surface area contributed by atoms with Gasteiger partial charge in [0, 0.05) is 14.2 Å². The first-order valence-corrected chi connectivity index (χ1v) is 4.63. The van der Waals surface area contributed by atoms with Crippen molar-refractivity contribution in [3.63, 3.8) is 0 Å². The van der Waals surface area contributed by atoms with Crippen molar-refractivity contribution in [1.82, 2.24) is 0 Å². The fourth-order valence-electron chi connectivity index (χ4n) is 1.26. The molecule has 0 rings (SSSR count). The van der Waals surface area contributed by atoms with Crippen molar-refractivity contribution in [2.45, 2.75) is 20.0 Å². The van der Waals surface area contributed by atoms with Crippen molar-refractivity contribution in [3.8, 4) is 0 Å². The topological polar surface area (TPSA) is 22.9 Å². The predicted molar refractivity (Wildman–Crippen MR) is 49.6 cm³/mol. The first-order chi connectivity index (χ1) is 5.78. The standard InChI is InChI=1S/C9H21NO2/c1-5-10(6-2)7-9(12-4)8-11-3/h9H,5-8H2,1-4H3/p+1. The summed E-state index contributed by atoms with van der Waals surface area (Å²) in [6, 6.07) is 0. The Kier molecular flexibility index (Phi) is 7.45. The van der Waals surface area contributed by atoms with Crippen molar-refractivity contribution in [3.05, 3.63) is 0 Å². The summed E-state index contributed by atoms with van der Waals surface area (Å²) >= 11 is 0. The van der Waals surface area contributed by atoms with E-state index < -0.39 is 0 Å². The smallest absolute Gasteiger partial charge is 0.129 e. The van der Waals surface area contributed by atoms with Gasteiger partial charge in [0.15, 0.2) is 0 Å². The van der Waals surface area contributed by atoms with Crippen LogP contribution in [0.5, 0.6) is 0 Å². The number of quaternary nitrogens is 1. The van der Waals surface area contributed by atoms with Gasteiger partial charge >= 0.3 is 0 Å². The number of ether oxygens (including phenoxy) is 2. The number of rotatable bonds is 7. The lowest BCUT2D eigenvalue weighted by atomic mass is 10.3. The van der Waals surface area contributed by atoms with Gasteiger partial charge < -0.3 is 14.4 Å². The van der Waals surface area contributed by atoms with Crippen LogP contribution in [-0.4, -0.2) is 46.6 Å². The second-order valence-electron chi connectivity index (χ2n) is 2.97. The SMILES string of the molecule is CC[NH+](CC)CC(COC)OC. The summed E-state index contributed by atoms with van der Waals surface area (Å²) in [6.45, 7) is 8.42. The van der Waals surface area contributed by atoms with Crippen LogP contribution < -0.4 is 4.90 Å². The first-order valence-electron chi connectivity index (χ1n) is 4.63. The lowest BCUT2D eigenvalue weighted by Crippen LogP contribution is -3.12. The van der Waals surface area contributed by atoms with Crippen LogP contribution in [0.25, 0.3) is 0 Å². The minimum atomic E-state index is 0.241. The van der Waals surface area contributed by atoms with Crippen molar-refractivity contribution in [2.75, 3.05) is 40.5 Å². The number of hydrogen-bond acceptors (Lipinski definition) is 2. The Morgan fingerprint density at radius 2 is 1.75 bits per heavy atom. The molecule has 0 aliphatic rings. The van der Waals surface area contributed by atoms with E-state index in [4.69, 9.17) is 9.47 Å². The molecular weight excluding hydrogens is 154 g/mol. The monoisotopic (exact) mass is 176 g/mol. The van der Waals surface area contributed by atoms with Gasteiger partial charge in [0.25, 0.3) is 0 Å². The van der Waals surface area contributed by atoms with Crippen molar-refractivity contribution >= 4 is 0 Å². The molecule has 3 heteroatoms. The molecule has 0 fully saturated rings. The van der Waals surface area contributed by atoms with Gasteiger partial charge in [-0.2, -0.15) is 0 Å². The van der Waals surface area contributed by atoms with Gasteiger partial charge in [-0.05, 0) is 13.8 Å². The van der Waals surface area contributed by atoms with Crippen molar-refractivity contribution in [1.29, 1.82) is 0 Å². The number of methoxy groups -OCH3 is 2. The van der Waals surface area contributed by atoms with Gasteiger partial charge in [-0.15, -0.1) is 0 Å². The Morgan fingerprint density at radius 1 is 1.17 bits per heavy atom. The molecule has 0 aliphatic carbocycles. The molecule has 0 aliphatic heterocycles. The van der Waals surface area contributed by atoms with E-state index in [1.54, 1.807) is 19.1 Å². The molecule has 0 aromatic carbocycles. The zero-order chi connectivity index (χ0) is 9.40. The van der Waals surface area contributed by atoms with Crippen LogP contribution in [0.1, 0.15) is 13.8 Å². The maximum atomic E-state index is 5.28. The minimum Gasteiger partial charge on any atom is -0.382 e. The van der Waals surface area contributed by atoms with E-state index >= 15 is 0 Å². The van der Waals surface area contributed by atoms with Crippen LogP contribution in [0.3, 0.4) is 0 Å². The van der Waals surface area contributed by atoms with E-state index in [1.165, 1.54) is 0 Å². The third kappa shape index (κ3) is 4.70. The summed E-state index contributed by atoms with van der Waals surface area (Å²) in [5.74, 6) is 0. The summed E-state index contributed by atoms with van der Waals surface area (Å²) in [4.78, 5) is 1.55. The molecule has 74 valence electrons. The molecule has 0 saturated carbocycles. The first kappa shape index (κ1) is 11.9. The highest BCUT2D eigenvalue weighted by atomic mass is 16.5. The maximum Gasteiger partial charge on any atom is 0.129 e. The summed E-state index contributed by atoms with van der Waals surface area (Å²) in [6.07, 6.45) is 0.241. The highest BCUT2D eigenvalue weighted by molar-refractivity contribution is 4.51. The molecule has 0 aromatic rings. The average molecular weight is 176 g/mol. The van der Waals surface area contributed by atoms with Crippen molar-refractivity contribution in [2.24, 2.45) is 0 Å². The van der Waals surface area contributed by atoms with Crippen LogP contribution in [-0.2, 0) is 9.47 Å². The molecule has 12 heavy (non-hydrogen) atoms. The van der Waals surface area contributed by atoms with E-state index in [0.717, 1.165) is 19.6 Å². The Bertz CT molecular complexity index is 94.5. The predicted octanol–water partition coefficient (Wildman–Crippen LogP) is -0.427. The van der Waals surface area contributed by atoms with Gasteiger partial charge in [0.1, 0.15) is 12.6 Å². The lowest BCUT2D eigenvalue weighted by Gasteiger charge is -2.21. The molecule has 1 atom stereocenters. The fraction of sp³-hybridized carbons (Fsp3) is 1.00. The lowest BCUT2D eigenvalue weighted by molar-refractivity contribution is -0.899. The Hall–Kier alpha value is -0.120. The molecule has 0 radical (unpaired) electrons. The van der Waals surface area contributed by atoms with E-state index in [2.05, 4.69) is 13.8 Å². The van der Waals surface area contributed by atoms with E-state index in [9.17, 15) is 0 Å². The van der Waals surface area contributed by atoms with Crippen LogP contribution >= 0.6 is 0 Å². The zero-order valence-electron chi connectivity index (χ0n) is 8.72. The summed E-state index contributed by atoms with van der Waals surface area (Å²) < 4.78 is 10.3. The van der Waals surface area contributed by atoms with Gasteiger partial charge in [-0.1, -0.05) is 0 Å². The summed E-state index contributed by atoms with van der Waals surface area (Å²) in [5, 5.41) is 0. The van der Waals surface area contributed by atoms with Crippen LogP contribution in [0.4, 0.5) is 0 Å². The third-order valence-electron chi connectivity index (χ3n) is 2.20. The van der Waals surface area contributed by atoms with E-state index in [-0.39, 0.29) is 6.10 Å². The fourth-order valence-corrected chi connectivity index (χ4v) is 1.26. The van der Waals surface area contributed by atoms with Gasteiger partial charge in [0.2, 0.25) is 0 Å². The summed E-state index contributed by atoms with van der Waals surface area (Å²) in [7, 11) is 3.45. The molecule has 0 bridgehead atoms. The minimum absolute atomic E-state index is 0.241. The maximum absolute atomic E-state index is 5.28. The largest absolute Gasteiger partial charge is 0.382 e. The molecule has 0 spiro atoms. The van der Waals surface area contributed by atoms with Crippen LogP contribution in [0.15, 0.2) is 0 Å². The Labute approximate surface area is 75.6 Å². The number of likely N-dealkylation sites (N-methyl/N-ethyl adjacent to an activating group) is 1. The van der Waals surface area contributed by atoms with Gasteiger partial charge in [-0.3, -0.25) is 0 Å². The molecule has 0 heterocycles. The quantitative estimate of drug-likeness (QED) is 0.569. The molecule has 0 aromatic heterocycles. The molecule has 0 amide bonds. The molecule has 1 N–H and O–H groups in total. The zero-order valence-corrected chi connectivity index (χ0v) is 8.72. The molecule has 3 nitrogen and oxygen atoms in total. The van der Waals surface area contributed by atoms with E-state index in [0.29, 0.717) is 6.61 Å². The second-order valence-corrected chi connectivity index (χ2v) is 2.97. The van der Waals surface area contributed by atoms with E-state index in [1.807, 2.05) is 0 Å². The Balaban J connectivity index is 3.65. The highest BCUT2D eigenvalue weighted by Crippen LogP contribution is 1.85. The number of hydrogen-bond donors (Lipinski definition) is 1. The second kappa shape index (κ2) is 7.53. The van der Waals surface area contributed by atoms with Crippen molar-refractivity contribution < 1.29 is 14.4 Å². The third-order valence-corrected chi connectivity index (χ3v) is 2.20. The molecule has 1 unspecified atom stereocenters. The Morgan fingerprint density at radius 3 is 2.08 bits per heavy atom. The van der Waals surface area contributed by atoms with Crippen LogP contribution in [0, 0.1) is 0 Å². The van der Waals surface area contributed by atoms with Gasteiger partial charge in [0.05, 0.1) is 19.7 Å². The number of nitrogens with one attached hydrogen (secondary N) is 1. The summed E-state index contributed by atoms with van der Waals surface area (Å²) in [5.41, 5.74) is 0. The highest BCUT2D eigenvalue weighted by Gasteiger charge is 2.13.